The molecule has 118 valence electrons. The molecular formula is C17H27FN2O. The van der Waals surface area contributed by atoms with Crippen molar-refractivity contribution in [2.75, 3.05) is 19.6 Å². The van der Waals surface area contributed by atoms with Crippen molar-refractivity contribution in [2.24, 2.45) is 0 Å². The second-order valence-corrected chi connectivity index (χ2v) is 6.56. The fourth-order valence-electron chi connectivity index (χ4n) is 3.08. The summed E-state index contributed by atoms with van der Waals surface area (Å²) < 4.78 is 20.0. The number of hydrogen-bond acceptors (Lipinski definition) is 3. The first-order chi connectivity index (χ1) is 9.89. The molecule has 2 rings (SSSR count). The summed E-state index contributed by atoms with van der Waals surface area (Å²) in [4.78, 5) is 2.28. The van der Waals surface area contributed by atoms with Crippen LogP contribution in [0, 0.1) is 5.82 Å². The van der Waals surface area contributed by atoms with Crippen LogP contribution in [0.4, 0.5) is 4.39 Å². The largest absolute Gasteiger partial charge is 0.370 e. The van der Waals surface area contributed by atoms with E-state index in [0.717, 1.165) is 37.3 Å². The van der Waals surface area contributed by atoms with Crippen molar-refractivity contribution < 1.29 is 9.13 Å². The van der Waals surface area contributed by atoms with Gasteiger partial charge in [0.2, 0.25) is 0 Å². The van der Waals surface area contributed by atoms with Gasteiger partial charge in [0.05, 0.1) is 11.7 Å². The third-order valence-electron chi connectivity index (χ3n) is 3.72. The van der Waals surface area contributed by atoms with Gasteiger partial charge in [0.15, 0.2) is 0 Å². The first-order valence-electron chi connectivity index (χ1n) is 7.78. The minimum atomic E-state index is -0.171. The monoisotopic (exact) mass is 294 g/mol. The van der Waals surface area contributed by atoms with Crippen molar-refractivity contribution >= 4 is 0 Å². The molecule has 1 aromatic carbocycles. The SMILES string of the molecule is CCNCc1ccc(F)c(CN2CC(C)OC(C)(C)C2)c1. The second kappa shape index (κ2) is 6.86. The Hall–Kier alpha value is -0.970. The van der Waals surface area contributed by atoms with E-state index in [2.05, 4.69) is 37.9 Å². The maximum atomic E-state index is 14.1. The molecule has 0 aliphatic carbocycles. The van der Waals surface area contributed by atoms with Crippen molar-refractivity contribution in [1.82, 2.24) is 10.2 Å². The van der Waals surface area contributed by atoms with E-state index in [9.17, 15) is 4.39 Å². The van der Waals surface area contributed by atoms with Crippen LogP contribution in [-0.4, -0.2) is 36.2 Å². The first-order valence-corrected chi connectivity index (χ1v) is 7.78. The topological polar surface area (TPSA) is 24.5 Å². The Kier molecular flexibility index (Phi) is 5.36. The zero-order valence-corrected chi connectivity index (χ0v) is 13.6. The summed E-state index contributed by atoms with van der Waals surface area (Å²) in [5.74, 6) is -0.118. The van der Waals surface area contributed by atoms with E-state index >= 15 is 0 Å². The Bertz CT molecular complexity index is 476. The molecule has 0 aromatic heterocycles. The molecule has 1 aromatic rings. The van der Waals surface area contributed by atoms with E-state index in [4.69, 9.17) is 4.74 Å². The third-order valence-corrected chi connectivity index (χ3v) is 3.72. The van der Waals surface area contributed by atoms with Crippen LogP contribution >= 0.6 is 0 Å². The second-order valence-electron chi connectivity index (χ2n) is 6.56. The minimum absolute atomic E-state index is 0.118. The molecule has 1 heterocycles. The normalized spacial score (nSPS) is 22.4. The van der Waals surface area contributed by atoms with Crippen LogP contribution in [0.3, 0.4) is 0 Å². The molecule has 0 saturated carbocycles. The zero-order chi connectivity index (χ0) is 15.5. The molecule has 3 nitrogen and oxygen atoms in total. The number of ether oxygens (including phenoxy) is 1. The molecule has 0 amide bonds. The predicted octanol–water partition coefficient (Wildman–Crippen LogP) is 2.93. The smallest absolute Gasteiger partial charge is 0.127 e. The van der Waals surface area contributed by atoms with Crippen molar-refractivity contribution in [3.63, 3.8) is 0 Å². The van der Waals surface area contributed by atoms with Crippen molar-refractivity contribution in [1.29, 1.82) is 0 Å². The Morgan fingerprint density at radius 1 is 1.43 bits per heavy atom. The molecule has 0 bridgehead atoms. The number of hydrogen-bond donors (Lipinski definition) is 1. The van der Waals surface area contributed by atoms with E-state index in [1.807, 2.05) is 12.1 Å². The highest BCUT2D eigenvalue weighted by Crippen LogP contribution is 2.23. The third kappa shape index (κ3) is 4.77. The van der Waals surface area contributed by atoms with E-state index < -0.39 is 0 Å². The lowest BCUT2D eigenvalue weighted by atomic mass is 10.0. The number of benzene rings is 1. The van der Waals surface area contributed by atoms with Gasteiger partial charge in [-0.15, -0.1) is 0 Å². The average Bonchev–Trinajstić information content (AvgIpc) is 2.37. The van der Waals surface area contributed by atoms with Crippen LogP contribution in [0.25, 0.3) is 0 Å². The number of morpholine rings is 1. The van der Waals surface area contributed by atoms with E-state index in [-0.39, 0.29) is 17.5 Å². The van der Waals surface area contributed by atoms with Crippen LogP contribution in [0.15, 0.2) is 18.2 Å². The maximum Gasteiger partial charge on any atom is 0.127 e. The summed E-state index contributed by atoms with van der Waals surface area (Å²) in [6.07, 6.45) is 0.182. The summed E-state index contributed by atoms with van der Waals surface area (Å²) in [6.45, 7) is 12.4. The van der Waals surface area contributed by atoms with Gasteiger partial charge in [-0.1, -0.05) is 19.1 Å². The molecule has 1 N–H and O–H groups in total. The fraction of sp³-hybridized carbons (Fsp3) is 0.647. The standard InChI is InChI=1S/C17H27FN2O/c1-5-19-9-14-6-7-16(18)15(8-14)11-20-10-13(2)21-17(3,4)12-20/h6-8,13,19H,5,9-12H2,1-4H3. The van der Waals surface area contributed by atoms with Crippen LogP contribution in [0.5, 0.6) is 0 Å². The summed E-state index contributed by atoms with van der Waals surface area (Å²) in [5, 5.41) is 3.28. The fourth-order valence-corrected chi connectivity index (χ4v) is 3.08. The number of halogens is 1. The molecule has 0 radical (unpaired) electrons. The summed E-state index contributed by atoms with van der Waals surface area (Å²) in [7, 11) is 0. The van der Waals surface area contributed by atoms with Gasteiger partial charge >= 0.3 is 0 Å². The van der Waals surface area contributed by atoms with Crippen molar-refractivity contribution in [2.45, 2.75) is 52.5 Å². The van der Waals surface area contributed by atoms with Gasteiger partial charge in [-0.25, -0.2) is 4.39 Å². The van der Waals surface area contributed by atoms with Gasteiger partial charge in [-0.3, -0.25) is 4.90 Å². The number of nitrogens with one attached hydrogen (secondary N) is 1. The highest BCUT2D eigenvalue weighted by Gasteiger charge is 2.31. The van der Waals surface area contributed by atoms with E-state index in [1.165, 1.54) is 0 Å². The van der Waals surface area contributed by atoms with E-state index in [0.29, 0.717) is 6.54 Å². The van der Waals surface area contributed by atoms with Gasteiger partial charge in [0.25, 0.3) is 0 Å². The quantitative estimate of drug-likeness (QED) is 0.903. The van der Waals surface area contributed by atoms with E-state index in [1.54, 1.807) is 6.07 Å². The molecule has 4 heteroatoms. The maximum absolute atomic E-state index is 14.1. The summed E-state index contributed by atoms with van der Waals surface area (Å²) in [6, 6.07) is 5.41. The number of rotatable bonds is 5. The zero-order valence-electron chi connectivity index (χ0n) is 13.6. The molecule has 1 unspecified atom stereocenters. The average molecular weight is 294 g/mol. The Morgan fingerprint density at radius 3 is 2.86 bits per heavy atom. The number of nitrogens with zero attached hydrogens (tertiary/aromatic N) is 1. The molecule has 1 aliphatic heterocycles. The summed E-state index contributed by atoms with van der Waals surface area (Å²) in [5.41, 5.74) is 1.74. The van der Waals surface area contributed by atoms with Crippen LogP contribution in [-0.2, 0) is 17.8 Å². The highest BCUT2D eigenvalue weighted by atomic mass is 19.1. The van der Waals surface area contributed by atoms with Gasteiger partial charge in [0.1, 0.15) is 5.82 Å². The lowest BCUT2D eigenvalue weighted by molar-refractivity contribution is -0.130. The first kappa shape index (κ1) is 16.4. The molecule has 1 fully saturated rings. The van der Waals surface area contributed by atoms with Gasteiger partial charge < -0.3 is 10.1 Å². The minimum Gasteiger partial charge on any atom is -0.370 e. The van der Waals surface area contributed by atoms with Crippen LogP contribution in [0.1, 0.15) is 38.8 Å². The van der Waals surface area contributed by atoms with Crippen molar-refractivity contribution in [3.05, 3.63) is 35.1 Å². The van der Waals surface area contributed by atoms with Crippen LogP contribution < -0.4 is 5.32 Å². The van der Waals surface area contributed by atoms with Gasteiger partial charge in [0, 0.05) is 31.7 Å². The lowest BCUT2D eigenvalue weighted by Crippen LogP contribution is -2.51. The van der Waals surface area contributed by atoms with Crippen molar-refractivity contribution in [3.8, 4) is 0 Å². The highest BCUT2D eigenvalue weighted by molar-refractivity contribution is 5.25. The molecule has 1 saturated heterocycles. The predicted molar refractivity (Wildman–Crippen MR) is 83.7 cm³/mol. The molecular weight excluding hydrogens is 267 g/mol. The van der Waals surface area contributed by atoms with Gasteiger partial charge in [-0.05, 0) is 38.9 Å². The Balaban J connectivity index is 2.07. The Morgan fingerprint density at radius 2 is 2.19 bits per heavy atom. The Labute approximate surface area is 127 Å². The van der Waals surface area contributed by atoms with Crippen LogP contribution in [0.2, 0.25) is 0 Å². The lowest BCUT2D eigenvalue weighted by Gasteiger charge is -2.41. The molecule has 0 spiro atoms. The molecule has 21 heavy (non-hydrogen) atoms. The van der Waals surface area contributed by atoms with Gasteiger partial charge in [-0.2, -0.15) is 0 Å². The molecule has 1 atom stereocenters. The summed E-state index contributed by atoms with van der Waals surface area (Å²) >= 11 is 0. The molecule has 1 aliphatic rings.